The highest BCUT2D eigenvalue weighted by Crippen LogP contribution is 2.36. The van der Waals surface area contributed by atoms with Gasteiger partial charge in [0.2, 0.25) is 0 Å². The van der Waals surface area contributed by atoms with E-state index in [1.54, 1.807) is 34.1 Å². The van der Waals surface area contributed by atoms with Crippen molar-refractivity contribution in [3.05, 3.63) is 55.0 Å². The number of amides is 1. The van der Waals surface area contributed by atoms with Crippen molar-refractivity contribution in [2.45, 2.75) is 45.4 Å². The number of nitrogens with zero attached hydrogens (tertiary/aromatic N) is 1. The van der Waals surface area contributed by atoms with Crippen molar-refractivity contribution in [1.82, 2.24) is 15.3 Å². The lowest BCUT2D eigenvalue weighted by Crippen LogP contribution is -2.37. The number of ether oxygens (including phenoxy) is 2. The van der Waals surface area contributed by atoms with Crippen molar-refractivity contribution >= 4 is 20.4 Å². The molecule has 1 heterocycles. The number of hydrogen-bond acceptors (Lipinski definition) is 8. The second kappa shape index (κ2) is 13.2. The fraction of sp³-hybridized carbons (Fsp3) is 0.455. The molecule has 1 aliphatic rings. The number of carbonyl (C=O) groups is 2. The Morgan fingerprint density at radius 1 is 1.25 bits per heavy atom. The van der Waals surface area contributed by atoms with Gasteiger partial charge >= 0.3 is 14.5 Å². The van der Waals surface area contributed by atoms with Gasteiger partial charge in [0.05, 0.1) is 18.8 Å². The minimum atomic E-state index is -1.65. The molecule has 0 saturated carbocycles. The van der Waals surface area contributed by atoms with Gasteiger partial charge in [-0.3, -0.25) is 9.59 Å². The highest BCUT2D eigenvalue weighted by atomic mass is 31.2. The monoisotopic (exact) mass is 465 g/mol. The summed E-state index contributed by atoms with van der Waals surface area (Å²) in [5, 5.41) is 5.73. The quantitative estimate of drug-likeness (QED) is 0.339. The molecule has 0 saturated heterocycles. The first-order chi connectivity index (χ1) is 15.3. The summed E-state index contributed by atoms with van der Waals surface area (Å²) in [4.78, 5) is 25.4. The van der Waals surface area contributed by atoms with Crippen LogP contribution in [0.1, 0.15) is 27.2 Å². The molecule has 176 valence electrons. The van der Waals surface area contributed by atoms with Gasteiger partial charge in [-0.1, -0.05) is 24.8 Å². The highest BCUT2D eigenvalue weighted by molar-refractivity contribution is 7.45. The first kappa shape index (κ1) is 25.8. The molecule has 1 aliphatic heterocycles. The number of methoxy groups -OCH3 is 1. The van der Waals surface area contributed by atoms with Gasteiger partial charge in [-0.25, -0.2) is 5.09 Å². The topological polar surface area (TPSA) is 98.4 Å². The minimum absolute atomic E-state index is 0.197. The Hall–Kier alpha value is -2.45. The van der Waals surface area contributed by atoms with E-state index in [1.807, 2.05) is 35.2 Å². The molecule has 3 unspecified atom stereocenters. The molecule has 0 spiro atoms. The molecule has 3 atom stereocenters. The van der Waals surface area contributed by atoms with Crippen molar-refractivity contribution in [2.24, 2.45) is 0 Å². The molecule has 10 heteroatoms. The van der Waals surface area contributed by atoms with E-state index in [1.165, 1.54) is 6.08 Å². The average Bonchev–Trinajstić information content (AvgIpc) is 2.75. The maximum absolute atomic E-state index is 12.2. The number of para-hydroxylation sites is 1. The van der Waals surface area contributed by atoms with Crippen molar-refractivity contribution in [1.29, 1.82) is 0 Å². The third kappa shape index (κ3) is 8.96. The number of benzene rings is 1. The molecule has 1 aromatic carbocycles. The zero-order chi connectivity index (χ0) is 23.5. The molecule has 2 rings (SSSR count). The van der Waals surface area contributed by atoms with Gasteiger partial charge in [0.1, 0.15) is 17.6 Å². The molecule has 0 radical (unpaired) electrons. The van der Waals surface area contributed by atoms with Crippen LogP contribution in [0.25, 0.3) is 0 Å². The fourth-order valence-corrected chi connectivity index (χ4v) is 3.84. The Morgan fingerprint density at radius 3 is 2.59 bits per heavy atom. The van der Waals surface area contributed by atoms with Crippen molar-refractivity contribution < 1.29 is 28.1 Å². The van der Waals surface area contributed by atoms with Gasteiger partial charge in [0, 0.05) is 25.9 Å². The second-order valence-electron chi connectivity index (χ2n) is 7.39. The average molecular weight is 465 g/mol. The first-order valence-electron chi connectivity index (χ1n) is 10.4. The summed E-state index contributed by atoms with van der Waals surface area (Å²) in [7, 11) is -0.0408. The van der Waals surface area contributed by atoms with E-state index in [-0.39, 0.29) is 30.7 Å². The molecule has 0 aliphatic carbocycles. The molecular formula is C22H32N3O6P. The van der Waals surface area contributed by atoms with Crippen molar-refractivity contribution in [2.75, 3.05) is 20.3 Å². The number of nitrogens with one attached hydrogen (secondary N) is 2. The maximum atomic E-state index is 12.2. The Kier molecular flexibility index (Phi) is 10.6. The van der Waals surface area contributed by atoms with Crippen LogP contribution in [0.15, 0.2) is 55.0 Å². The van der Waals surface area contributed by atoms with Crippen LogP contribution in [0.3, 0.4) is 0 Å². The molecule has 0 fully saturated rings. The van der Waals surface area contributed by atoms with E-state index in [0.717, 1.165) is 0 Å². The van der Waals surface area contributed by atoms with Gasteiger partial charge in [0.25, 0.3) is 5.91 Å². The smallest absolute Gasteiger partial charge is 0.323 e. The summed E-state index contributed by atoms with van der Waals surface area (Å²) >= 11 is 0. The van der Waals surface area contributed by atoms with Crippen LogP contribution >= 0.6 is 8.53 Å². The van der Waals surface area contributed by atoms with Crippen molar-refractivity contribution in [3.8, 4) is 5.75 Å². The molecule has 32 heavy (non-hydrogen) atoms. The predicted molar refractivity (Wildman–Crippen MR) is 122 cm³/mol. The normalized spacial score (nSPS) is 16.5. The standard InChI is InChI=1S/C22H32N3O6P/c1-16(2)30-22(27)17(3)24-32(31-19-9-7-6-8-10-19)29-15-20(28-5)11-13-25-14-12-21(26)23-18(25)4/h6-10,12,14,16-17,20,24H,4,11,13,15H2,1-3,5H3,(H,23,26). The van der Waals surface area contributed by atoms with Gasteiger partial charge in [-0.2, -0.15) is 0 Å². The van der Waals surface area contributed by atoms with Gasteiger partial charge in [-0.15, -0.1) is 0 Å². The lowest BCUT2D eigenvalue weighted by Gasteiger charge is -2.28. The van der Waals surface area contributed by atoms with Crippen LogP contribution in [0.2, 0.25) is 0 Å². The summed E-state index contributed by atoms with van der Waals surface area (Å²) in [6.45, 7) is 9.96. The van der Waals surface area contributed by atoms with Gasteiger partial charge in [0.15, 0.2) is 0 Å². The predicted octanol–water partition coefficient (Wildman–Crippen LogP) is 3.06. The molecule has 0 bridgehead atoms. The van der Waals surface area contributed by atoms with Gasteiger partial charge < -0.3 is 28.7 Å². The van der Waals surface area contributed by atoms with Crippen molar-refractivity contribution in [3.63, 3.8) is 0 Å². The number of hydrogen-bond donors (Lipinski definition) is 2. The van der Waals surface area contributed by atoms with E-state index in [0.29, 0.717) is 24.5 Å². The molecule has 2 N–H and O–H groups in total. The third-order valence-corrected chi connectivity index (χ3v) is 5.72. The largest absolute Gasteiger partial charge is 0.462 e. The Balaban J connectivity index is 1.94. The summed E-state index contributed by atoms with van der Waals surface area (Å²) in [6, 6.07) is 8.61. The van der Waals surface area contributed by atoms with Crippen LogP contribution in [-0.2, 0) is 23.6 Å². The zero-order valence-electron chi connectivity index (χ0n) is 18.9. The molecule has 1 amide bonds. The SMILES string of the molecule is C=C1NC(=O)C=CN1CCC(COP(NC(C)C(=O)OC(C)C)Oc1ccccc1)OC. The van der Waals surface area contributed by atoms with Crippen LogP contribution < -0.4 is 14.9 Å². The third-order valence-electron chi connectivity index (χ3n) is 4.36. The molecular weight excluding hydrogens is 433 g/mol. The van der Waals surface area contributed by atoms with Crippen LogP contribution in [-0.4, -0.2) is 55.3 Å². The van der Waals surface area contributed by atoms with E-state index >= 15 is 0 Å². The number of carbonyl (C=O) groups excluding carboxylic acids is 2. The summed E-state index contributed by atoms with van der Waals surface area (Å²) in [6.07, 6.45) is 3.30. The highest BCUT2D eigenvalue weighted by Gasteiger charge is 2.25. The number of esters is 1. The summed E-state index contributed by atoms with van der Waals surface area (Å²) < 4.78 is 22.7. The number of rotatable bonds is 13. The molecule has 1 aromatic rings. The van der Waals surface area contributed by atoms with Crippen LogP contribution in [0, 0.1) is 0 Å². The summed E-state index contributed by atoms with van der Waals surface area (Å²) in [5.74, 6) is 0.559. The van der Waals surface area contributed by atoms with E-state index in [9.17, 15) is 9.59 Å². The Bertz CT molecular complexity index is 789. The van der Waals surface area contributed by atoms with E-state index in [4.69, 9.17) is 18.5 Å². The van der Waals surface area contributed by atoms with E-state index < -0.39 is 14.6 Å². The fourth-order valence-electron chi connectivity index (χ4n) is 2.63. The van der Waals surface area contributed by atoms with Crippen LogP contribution in [0.4, 0.5) is 0 Å². The second-order valence-corrected chi connectivity index (χ2v) is 8.60. The van der Waals surface area contributed by atoms with Gasteiger partial charge in [-0.05, 0) is 39.3 Å². The minimum Gasteiger partial charge on any atom is -0.462 e. The van der Waals surface area contributed by atoms with Crippen LogP contribution in [0.5, 0.6) is 5.75 Å². The molecule has 9 nitrogen and oxygen atoms in total. The lowest BCUT2D eigenvalue weighted by molar-refractivity contribution is -0.149. The Labute approximate surface area is 190 Å². The summed E-state index contributed by atoms with van der Waals surface area (Å²) in [5.41, 5.74) is 0. The molecule has 0 aromatic heterocycles. The lowest BCUT2D eigenvalue weighted by atomic mass is 10.2. The maximum Gasteiger partial charge on any atom is 0.323 e. The van der Waals surface area contributed by atoms with E-state index in [2.05, 4.69) is 17.0 Å². The first-order valence-corrected chi connectivity index (χ1v) is 11.6. The zero-order valence-corrected chi connectivity index (χ0v) is 19.8. The Morgan fingerprint density at radius 2 is 1.97 bits per heavy atom.